The van der Waals surface area contributed by atoms with E-state index in [1.807, 2.05) is 32.0 Å². The van der Waals surface area contributed by atoms with Crippen molar-refractivity contribution in [1.29, 1.82) is 0 Å². The highest BCUT2D eigenvalue weighted by Gasteiger charge is 2.30. The summed E-state index contributed by atoms with van der Waals surface area (Å²) in [4.78, 5) is 10.9. The second-order valence-electron chi connectivity index (χ2n) is 11.7. The van der Waals surface area contributed by atoms with E-state index in [1.165, 1.54) is 6.07 Å². The molecule has 14 nitrogen and oxygen atoms in total. The third kappa shape index (κ3) is 7.33. The molecule has 0 radical (unpaired) electrons. The lowest BCUT2D eigenvalue weighted by atomic mass is 10.0. The summed E-state index contributed by atoms with van der Waals surface area (Å²) in [5.41, 5.74) is 12.4. The number of hydrogen-bond donors (Lipinski definition) is 3. The SMILES string of the molecule is Cc1noc(C)c1-c1ccc(N[C@@H]2CCS(=O)(=O)C2)c(N)c1.Cc1noc(C)c1-c1ccc(N[C@@H]2CCS(=O)(=O)C2)c([N+](=O)[O-])c1. The Morgan fingerprint density at radius 1 is 0.783 bits per heavy atom. The van der Waals surface area contributed by atoms with Crippen molar-refractivity contribution in [2.24, 2.45) is 0 Å². The fourth-order valence-corrected chi connectivity index (χ4v) is 9.20. The zero-order valence-electron chi connectivity index (χ0n) is 25.9. The number of nitro benzene ring substituents is 1. The average molecular weight is 673 g/mol. The molecule has 0 unspecified atom stereocenters. The highest BCUT2D eigenvalue weighted by atomic mass is 32.2. The van der Waals surface area contributed by atoms with Gasteiger partial charge in [0, 0.05) is 29.3 Å². The van der Waals surface area contributed by atoms with Crippen LogP contribution in [0.15, 0.2) is 45.4 Å². The standard InChI is InChI=1S/C15H17N3O5S.C15H19N3O3S/c1-9-15(10(2)23-17-9)11-3-4-13(14(7-11)18(19)20)16-12-5-6-24(21,22)8-12;1-9-15(10(2)21-18-9)11-3-4-14(13(16)7-11)17-12-5-6-22(19,20)8-12/h3-4,7,12,16H,5-6,8H2,1-2H3;3-4,7,12,17H,5-6,8,16H2,1-2H3/t2*12-/m11/s1. The fourth-order valence-electron chi connectivity index (χ4n) is 5.86. The quantitative estimate of drug-likeness (QED) is 0.139. The molecule has 46 heavy (non-hydrogen) atoms. The van der Waals surface area contributed by atoms with Crippen molar-refractivity contribution in [1.82, 2.24) is 10.3 Å². The van der Waals surface area contributed by atoms with Gasteiger partial charge in [-0.05, 0) is 69.9 Å². The Hall–Kier alpha value is -4.44. The van der Waals surface area contributed by atoms with Gasteiger partial charge in [-0.25, -0.2) is 16.8 Å². The number of nitrogens with two attached hydrogens (primary N) is 1. The van der Waals surface area contributed by atoms with E-state index in [-0.39, 0.29) is 40.8 Å². The molecule has 16 heteroatoms. The molecule has 4 heterocycles. The van der Waals surface area contributed by atoms with E-state index in [1.54, 1.807) is 26.0 Å². The van der Waals surface area contributed by atoms with E-state index in [2.05, 4.69) is 20.9 Å². The van der Waals surface area contributed by atoms with Gasteiger partial charge in [0.25, 0.3) is 5.69 Å². The molecular formula is C30H36N6O8S2. The minimum atomic E-state index is -3.06. The highest BCUT2D eigenvalue weighted by molar-refractivity contribution is 7.91. The Morgan fingerprint density at radius 2 is 1.24 bits per heavy atom. The molecule has 2 aliphatic rings. The molecule has 6 rings (SSSR count). The van der Waals surface area contributed by atoms with Gasteiger partial charge in [0.2, 0.25) is 0 Å². The first-order valence-electron chi connectivity index (χ1n) is 14.6. The lowest BCUT2D eigenvalue weighted by Gasteiger charge is -2.15. The fraction of sp³-hybridized carbons (Fsp3) is 0.400. The summed E-state index contributed by atoms with van der Waals surface area (Å²) in [6, 6.07) is 10.1. The van der Waals surface area contributed by atoms with Gasteiger partial charge < -0.3 is 25.4 Å². The van der Waals surface area contributed by atoms with Crippen LogP contribution < -0.4 is 16.4 Å². The van der Waals surface area contributed by atoms with Gasteiger partial charge in [0.15, 0.2) is 19.7 Å². The van der Waals surface area contributed by atoms with Crippen molar-refractivity contribution in [2.45, 2.75) is 52.6 Å². The van der Waals surface area contributed by atoms with Gasteiger partial charge >= 0.3 is 0 Å². The van der Waals surface area contributed by atoms with Crippen LogP contribution in [0, 0.1) is 37.8 Å². The van der Waals surface area contributed by atoms with Gasteiger partial charge in [-0.3, -0.25) is 10.1 Å². The molecule has 2 aliphatic heterocycles. The number of nitro groups is 1. The van der Waals surface area contributed by atoms with Crippen LogP contribution in [0.3, 0.4) is 0 Å². The largest absolute Gasteiger partial charge is 0.397 e. The number of aryl methyl sites for hydroxylation is 4. The molecule has 2 saturated heterocycles. The lowest BCUT2D eigenvalue weighted by molar-refractivity contribution is -0.383. The molecule has 0 saturated carbocycles. The summed E-state index contributed by atoms with van der Waals surface area (Å²) in [5.74, 6) is 1.84. The van der Waals surface area contributed by atoms with Crippen molar-refractivity contribution >= 4 is 42.4 Å². The molecule has 0 aliphatic carbocycles. The summed E-state index contributed by atoms with van der Waals surface area (Å²) in [5, 5.41) is 25.4. The van der Waals surface area contributed by atoms with Crippen LogP contribution >= 0.6 is 0 Å². The Kier molecular flexibility index (Phi) is 9.13. The summed E-state index contributed by atoms with van der Waals surface area (Å²) >= 11 is 0. The normalized spacial score (nSPS) is 19.7. The number of nitrogens with zero attached hydrogens (tertiary/aromatic N) is 3. The van der Waals surface area contributed by atoms with E-state index < -0.39 is 24.6 Å². The van der Waals surface area contributed by atoms with E-state index in [9.17, 15) is 26.9 Å². The minimum absolute atomic E-state index is 0.00419. The molecule has 2 aromatic carbocycles. The van der Waals surface area contributed by atoms with Gasteiger partial charge in [-0.2, -0.15) is 0 Å². The van der Waals surface area contributed by atoms with Gasteiger partial charge in [-0.1, -0.05) is 22.4 Å². The maximum atomic E-state index is 11.5. The highest BCUT2D eigenvalue weighted by Crippen LogP contribution is 2.35. The number of anilines is 3. The Morgan fingerprint density at radius 3 is 1.63 bits per heavy atom. The van der Waals surface area contributed by atoms with Crippen molar-refractivity contribution in [3.63, 3.8) is 0 Å². The van der Waals surface area contributed by atoms with Crippen LogP contribution in [-0.2, 0) is 19.7 Å². The predicted octanol–water partition coefficient (Wildman–Crippen LogP) is 4.61. The molecule has 4 N–H and O–H groups in total. The van der Waals surface area contributed by atoms with E-state index in [0.717, 1.165) is 33.8 Å². The van der Waals surface area contributed by atoms with Crippen LogP contribution in [0.25, 0.3) is 22.3 Å². The maximum absolute atomic E-state index is 11.5. The smallest absolute Gasteiger partial charge is 0.292 e. The molecular weight excluding hydrogens is 636 g/mol. The molecule has 4 aromatic rings. The van der Waals surface area contributed by atoms with Crippen molar-refractivity contribution in [3.8, 4) is 22.3 Å². The Balaban J connectivity index is 0.000000182. The number of aromatic nitrogens is 2. The first kappa shape index (κ1) is 32.9. The lowest BCUT2D eigenvalue weighted by Crippen LogP contribution is -2.21. The molecule has 2 aromatic heterocycles. The summed E-state index contributed by atoms with van der Waals surface area (Å²) in [7, 11) is -5.96. The van der Waals surface area contributed by atoms with E-state index in [0.29, 0.717) is 41.2 Å². The molecule has 0 bridgehead atoms. The topological polar surface area (TPSA) is 214 Å². The second kappa shape index (κ2) is 12.7. The summed E-state index contributed by atoms with van der Waals surface area (Å²) in [6.45, 7) is 7.27. The second-order valence-corrected chi connectivity index (χ2v) is 16.1. The molecule has 0 amide bonds. The number of sulfone groups is 2. The van der Waals surface area contributed by atoms with Gasteiger partial charge in [0.05, 0.1) is 50.7 Å². The Labute approximate surface area is 266 Å². The molecule has 246 valence electrons. The van der Waals surface area contributed by atoms with Crippen molar-refractivity contribution in [2.75, 3.05) is 39.4 Å². The molecule has 2 atom stereocenters. The minimum Gasteiger partial charge on any atom is -0.397 e. The summed E-state index contributed by atoms with van der Waals surface area (Å²) < 4.78 is 56.4. The van der Waals surface area contributed by atoms with E-state index in [4.69, 9.17) is 14.8 Å². The van der Waals surface area contributed by atoms with Gasteiger partial charge in [0.1, 0.15) is 17.2 Å². The maximum Gasteiger partial charge on any atom is 0.292 e. The number of benzene rings is 2. The van der Waals surface area contributed by atoms with Crippen LogP contribution in [0.1, 0.15) is 35.7 Å². The third-order valence-corrected chi connectivity index (χ3v) is 11.6. The zero-order valence-corrected chi connectivity index (χ0v) is 27.5. The number of nitrogens with one attached hydrogen (secondary N) is 2. The number of rotatable bonds is 7. The molecule has 0 spiro atoms. The predicted molar refractivity (Wildman–Crippen MR) is 175 cm³/mol. The molecule has 2 fully saturated rings. The zero-order chi connectivity index (χ0) is 33.4. The average Bonchev–Trinajstić information content (AvgIpc) is 3.71. The van der Waals surface area contributed by atoms with Crippen LogP contribution in [-0.4, -0.2) is 67.2 Å². The van der Waals surface area contributed by atoms with Crippen LogP contribution in [0.2, 0.25) is 0 Å². The van der Waals surface area contributed by atoms with Crippen LogP contribution in [0.5, 0.6) is 0 Å². The first-order chi connectivity index (χ1) is 21.6. The van der Waals surface area contributed by atoms with Crippen LogP contribution in [0.4, 0.5) is 22.7 Å². The van der Waals surface area contributed by atoms with Crippen molar-refractivity contribution in [3.05, 3.63) is 69.4 Å². The Bertz CT molecular complexity index is 1960. The number of nitrogen functional groups attached to an aromatic ring is 1. The van der Waals surface area contributed by atoms with Crippen molar-refractivity contribution < 1.29 is 30.8 Å². The summed E-state index contributed by atoms with van der Waals surface area (Å²) in [6.07, 6.45) is 1.07. The third-order valence-electron chi connectivity index (χ3n) is 8.07. The van der Waals surface area contributed by atoms with E-state index >= 15 is 0 Å². The first-order valence-corrected chi connectivity index (χ1v) is 18.2. The number of hydrogen-bond acceptors (Lipinski definition) is 13. The monoisotopic (exact) mass is 672 g/mol. The van der Waals surface area contributed by atoms with Gasteiger partial charge in [-0.15, -0.1) is 0 Å².